The Balaban J connectivity index is 2.18. The second-order valence-electron chi connectivity index (χ2n) is 2.95. The Morgan fingerprint density at radius 1 is 1.80 bits per heavy atom. The molecule has 0 aromatic carbocycles. The van der Waals surface area contributed by atoms with Crippen molar-refractivity contribution >= 4 is 0 Å². The Morgan fingerprint density at radius 3 is 3.10 bits per heavy atom. The second-order valence-corrected chi connectivity index (χ2v) is 2.95. The highest BCUT2D eigenvalue weighted by atomic mass is 16.5. The Hall–Kier alpha value is -0.500. The molecule has 0 aromatic rings. The van der Waals surface area contributed by atoms with Crippen LogP contribution < -0.4 is 0 Å². The van der Waals surface area contributed by atoms with Crippen molar-refractivity contribution in [2.24, 2.45) is 11.8 Å². The minimum Gasteiger partial charge on any atom is -0.501 e. The van der Waals surface area contributed by atoms with Crippen LogP contribution in [0.1, 0.15) is 13.3 Å². The lowest BCUT2D eigenvalue weighted by atomic mass is 9.98. The van der Waals surface area contributed by atoms with Crippen LogP contribution in [0, 0.1) is 11.8 Å². The zero-order chi connectivity index (χ0) is 7.40. The van der Waals surface area contributed by atoms with Gasteiger partial charge in [0.05, 0.1) is 12.9 Å². The highest BCUT2D eigenvalue weighted by molar-refractivity contribution is 4.89. The number of aliphatic hydroxyl groups excluding tert-OH is 1. The molecule has 0 radical (unpaired) electrons. The van der Waals surface area contributed by atoms with Gasteiger partial charge in [0.15, 0.2) is 0 Å². The van der Waals surface area contributed by atoms with E-state index in [0.29, 0.717) is 11.8 Å². The summed E-state index contributed by atoms with van der Waals surface area (Å²) in [5.74, 6) is 0.929. The van der Waals surface area contributed by atoms with E-state index in [1.807, 2.05) is 6.92 Å². The lowest BCUT2D eigenvalue weighted by Gasteiger charge is -2.10. The normalized spacial score (nSPS) is 26.4. The summed E-state index contributed by atoms with van der Waals surface area (Å²) in [6.07, 6.45) is 4.84. The van der Waals surface area contributed by atoms with Crippen molar-refractivity contribution < 1.29 is 9.84 Å². The Labute approximate surface area is 61.5 Å². The van der Waals surface area contributed by atoms with E-state index < -0.39 is 0 Å². The summed E-state index contributed by atoms with van der Waals surface area (Å²) in [5.41, 5.74) is 0. The van der Waals surface area contributed by atoms with Crippen LogP contribution in [-0.2, 0) is 4.74 Å². The minimum atomic E-state index is 0.282. The summed E-state index contributed by atoms with van der Waals surface area (Å²) < 4.78 is 5.04. The predicted octanol–water partition coefficient (Wildman–Crippen LogP) is 1.17. The first-order chi connectivity index (χ1) is 4.83. The molecular weight excluding hydrogens is 128 g/mol. The fraction of sp³-hybridized carbons (Fsp3) is 0.750. The summed E-state index contributed by atoms with van der Waals surface area (Å²) >= 11 is 0. The molecule has 0 spiro atoms. The molecule has 1 aliphatic rings. The number of hydrogen-bond donors (Lipinski definition) is 1. The fourth-order valence-corrected chi connectivity index (χ4v) is 1.14. The van der Waals surface area contributed by atoms with E-state index in [2.05, 4.69) is 6.08 Å². The first kappa shape index (κ1) is 7.61. The standard InChI is InChI=1S/C8H14O2/c1-7(5-9)4-8-2-3-10-6-8/h2-3,7-9H,4-6H2,1H3/t7-,8-/m0/s1. The van der Waals surface area contributed by atoms with E-state index in [-0.39, 0.29) is 6.61 Å². The summed E-state index contributed by atoms with van der Waals surface area (Å²) in [6, 6.07) is 0. The van der Waals surface area contributed by atoms with Gasteiger partial charge in [0.25, 0.3) is 0 Å². The van der Waals surface area contributed by atoms with Crippen LogP contribution in [-0.4, -0.2) is 18.3 Å². The molecule has 1 aliphatic heterocycles. The van der Waals surface area contributed by atoms with Gasteiger partial charge in [-0.1, -0.05) is 6.92 Å². The first-order valence-corrected chi connectivity index (χ1v) is 3.72. The van der Waals surface area contributed by atoms with Crippen LogP contribution in [0.2, 0.25) is 0 Å². The van der Waals surface area contributed by atoms with E-state index in [0.717, 1.165) is 13.0 Å². The second kappa shape index (κ2) is 3.62. The Morgan fingerprint density at radius 2 is 2.60 bits per heavy atom. The molecule has 1 N–H and O–H groups in total. The molecule has 0 fully saturated rings. The molecule has 1 heterocycles. The van der Waals surface area contributed by atoms with Gasteiger partial charge in [-0.3, -0.25) is 0 Å². The monoisotopic (exact) mass is 142 g/mol. The molecule has 10 heavy (non-hydrogen) atoms. The molecule has 58 valence electrons. The maximum atomic E-state index is 8.73. The Bertz CT molecular complexity index is 120. The third-order valence-corrected chi connectivity index (χ3v) is 1.77. The first-order valence-electron chi connectivity index (χ1n) is 3.72. The SMILES string of the molecule is C[C@H](CO)C[C@@H]1C=COC1. The highest BCUT2D eigenvalue weighted by Crippen LogP contribution is 2.17. The largest absolute Gasteiger partial charge is 0.501 e. The third kappa shape index (κ3) is 2.03. The number of ether oxygens (including phenoxy) is 1. The quantitative estimate of drug-likeness (QED) is 0.640. The fourth-order valence-electron chi connectivity index (χ4n) is 1.14. The maximum absolute atomic E-state index is 8.73. The van der Waals surface area contributed by atoms with Crippen LogP contribution in [0.25, 0.3) is 0 Å². The number of aliphatic hydroxyl groups is 1. The zero-order valence-corrected chi connectivity index (χ0v) is 6.29. The van der Waals surface area contributed by atoms with E-state index in [1.165, 1.54) is 0 Å². The summed E-state index contributed by atoms with van der Waals surface area (Å²) in [7, 11) is 0. The molecule has 0 aliphatic carbocycles. The summed E-state index contributed by atoms with van der Waals surface area (Å²) in [4.78, 5) is 0. The van der Waals surface area contributed by atoms with E-state index >= 15 is 0 Å². The van der Waals surface area contributed by atoms with Gasteiger partial charge in [-0.25, -0.2) is 0 Å². The Kier molecular flexibility index (Phi) is 2.75. The van der Waals surface area contributed by atoms with Crippen molar-refractivity contribution in [2.45, 2.75) is 13.3 Å². The molecule has 1 rings (SSSR count). The van der Waals surface area contributed by atoms with Crippen LogP contribution in [0.15, 0.2) is 12.3 Å². The molecule has 0 saturated carbocycles. The van der Waals surface area contributed by atoms with Crippen LogP contribution in [0.4, 0.5) is 0 Å². The lowest BCUT2D eigenvalue weighted by Crippen LogP contribution is -2.08. The van der Waals surface area contributed by atoms with E-state index in [9.17, 15) is 0 Å². The van der Waals surface area contributed by atoms with Gasteiger partial charge in [0, 0.05) is 12.5 Å². The van der Waals surface area contributed by atoms with Crippen LogP contribution in [0.5, 0.6) is 0 Å². The van der Waals surface area contributed by atoms with Gasteiger partial charge < -0.3 is 9.84 Å². The highest BCUT2D eigenvalue weighted by Gasteiger charge is 2.13. The van der Waals surface area contributed by atoms with Crippen molar-refractivity contribution in [1.82, 2.24) is 0 Å². The smallest absolute Gasteiger partial charge is 0.0937 e. The van der Waals surface area contributed by atoms with Gasteiger partial charge in [-0.2, -0.15) is 0 Å². The molecular formula is C8H14O2. The van der Waals surface area contributed by atoms with Gasteiger partial charge in [0.1, 0.15) is 0 Å². The van der Waals surface area contributed by atoms with Crippen molar-refractivity contribution in [2.75, 3.05) is 13.2 Å². The molecule has 2 atom stereocenters. The third-order valence-electron chi connectivity index (χ3n) is 1.77. The topological polar surface area (TPSA) is 29.5 Å². The van der Waals surface area contributed by atoms with Crippen molar-refractivity contribution in [1.29, 1.82) is 0 Å². The van der Waals surface area contributed by atoms with E-state index in [1.54, 1.807) is 6.26 Å². The minimum absolute atomic E-state index is 0.282. The number of rotatable bonds is 3. The van der Waals surface area contributed by atoms with E-state index in [4.69, 9.17) is 9.84 Å². The van der Waals surface area contributed by atoms with Gasteiger partial charge in [-0.05, 0) is 18.4 Å². The zero-order valence-electron chi connectivity index (χ0n) is 6.29. The van der Waals surface area contributed by atoms with Crippen molar-refractivity contribution in [3.8, 4) is 0 Å². The maximum Gasteiger partial charge on any atom is 0.0937 e. The molecule has 0 unspecified atom stereocenters. The molecule has 0 bridgehead atoms. The van der Waals surface area contributed by atoms with Gasteiger partial charge in [0.2, 0.25) is 0 Å². The van der Waals surface area contributed by atoms with Gasteiger partial charge >= 0.3 is 0 Å². The molecule has 2 nitrogen and oxygen atoms in total. The number of hydrogen-bond acceptors (Lipinski definition) is 2. The lowest BCUT2D eigenvalue weighted by molar-refractivity contribution is 0.194. The van der Waals surface area contributed by atoms with Crippen LogP contribution >= 0.6 is 0 Å². The summed E-state index contributed by atoms with van der Waals surface area (Å²) in [5, 5.41) is 8.73. The van der Waals surface area contributed by atoms with Crippen molar-refractivity contribution in [3.63, 3.8) is 0 Å². The average molecular weight is 142 g/mol. The average Bonchev–Trinajstić information content (AvgIpc) is 2.40. The summed E-state index contributed by atoms with van der Waals surface area (Å²) in [6.45, 7) is 3.13. The predicted molar refractivity (Wildman–Crippen MR) is 39.4 cm³/mol. The van der Waals surface area contributed by atoms with Crippen LogP contribution in [0.3, 0.4) is 0 Å². The molecule has 0 saturated heterocycles. The van der Waals surface area contributed by atoms with Crippen molar-refractivity contribution in [3.05, 3.63) is 12.3 Å². The molecule has 2 heteroatoms. The molecule has 0 aromatic heterocycles. The van der Waals surface area contributed by atoms with Gasteiger partial charge in [-0.15, -0.1) is 0 Å². The molecule has 0 amide bonds.